The van der Waals surface area contributed by atoms with Gasteiger partial charge in [0.25, 0.3) is 17.5 Å². The van der Waals surface area contributed by atoms with Crippen LogP contribution in [-0.2, 0) is 0 Å². The van der Waals surface area contributed by atoms with E-state index in [1.165, 1.54) is 12.1 Å². The third-order valence-corrected chi connectivity index (χ3v) is 4.68. The molecule has 3 aromatic rings. The summed E-state index contributed by atoms with van der Waals surface area (Å²) < 4.78 is 5.53. The molecule has 9 heteroatoms. The van der Waals surface area contributed by atoms with Crippen LogP contribution in [0.15, 0.2) is 59.0 Å². The van der Waals surface area contributed by atoms with Gasteiger partial charge in [0.05, 0.1) is 32.8 Å². The number of anilines is 1. The van der Waals surface area contributed by atoms with Crippen LogP contribution in [0.2, 0.25) is 5.02 Å². The van der Waals surface area contributed by atoms with Crippen molar-refractivity contribution in [1.82, 2.24) is 5.32 Å². The zero-order valence-corrected chi connectivity index (χ0v) is 16.9. The molecule has 1 aromatic heterocycles. The van der Waals surface area contributed by atoms with Gasteiger partial charge in [-0.1, -0.05) is 23.7 Å². The molecule has 0 saturated carbocycles. The second kappa shape index (κ2) is 8.79. The number of benzene rings is 2. The van der Waals surface area contributed by atoms with Crippen molar-refractivity contribution >= 4 is 34.8 Å². The first-order valence-corrected chi connectivity index (χ1v) is 9.35. The number of hydrogen-bond acceptors (Lipinski definition) is 5. The molecule has 154 valence electrons. The number of amides is 2. The molecule has 2 aromatic carbocycles. The zero-order valence-electron chi connectivity index (χ0n) is 16.1. The number of carbonyl (C=O) groups excluding carboxylic acids is 2. The first-order valence-electron chi connectivity index (χ1n) is 8.98. The van der Waals surface area contributed by atoms with Gasteiger partial charge in [0.1, 0.15) is 11.5 Å². The largest absolute Gasteiger partial charge is 0.464 e. The van der Waals surface area contributed by atoms with Crippen molar-refractivity contribution in [1.29, 1.82) is 0 Å². The predicted octanol–water partition coefficient (Wildman–Crippen LogP) is 4.89. The Kier molecular flexibility index (Phi) is 6.17. The van der Waals surface area contributed by atoms with E-state index in [-0.39, 0.29) is 33.6 Å². The highest BCUT2D eigenvalue weighted by atomic mass is 35.5. The van der Waals surface area contributed by atoms with E-state index in [1.54, 1.807) is 43.3 Å². The second-order valence-electron chi connectivity index (χ2n) is 6.56. The maximum absolute atomic E-state index is 12.8. The minimum atomic E-state index is -0.602. The van der Waals surface area contributed by atoms with E-state index < -0.39 is 16.7 Å². The van der Waals surface area contributed by atoms with E-state index in [0.717, 1.165) is 11.8 Å². The number of nitro groups is 1. The summed E-state index contributed by atoms with van der Waals surface area (Å²) >= 11 is 6.02. The lowest BCUT2D eigenvalue weighted by Gasteiger charge is -2.15. The van der Waals surface area contributed by atoms with Gasteiger partial charge in [-0.25, -0.2) is 0 Å². The molecule has 2 amide bonds. The van der Waals surface area contributed by atoms with Gasteiger partial charge < -0.3 is 15.1 Å². The fourth-order valence-corrected chi connectivity index (χ4v) is 3.07. The highest BCUT2D eigenvalue weighted by Crippen LogP contribution is 2.25. The van der Waals surface area contributed by atoms with Crippen LogP contribution in [0, 0.1) is 17.0 Å². The summed E-state index contributed by atoms with van der Waals surface area (Å²) in [5.74, 6) is 0.353. The fourth-order valence-electron chi connectivity index (χ4n) is 2.81. The monoisotopic (exact) mass is 427 g/mol. The number of carbonyl (C=O) groups is 2. The van der Waals surface area contributed by atoms with Crippen molar-refractivity contribution in [3.8, 4) is 0 Å². The minimum Gasteiger partial charge on any atom is -0.464 e. The van der Waals surface area contributed by atoms with Gasteiger partial charge in [0.15, 0.2) is 0 Å². The number of aryl methyl sites for hydroxylation is 1. The topological polar surface area (TPSA) is 114 Å². The van der Waals surface area contributed by atoms with Crippen LogP contribution in [0.25, 0.3) is 0 Å². The summed E-state index contributed by atoms with van der Waals surface area (Å²) in [5, 5.41) is 16.2. The van der Waals surface area contributed by atoms with E-state index in [2.05, 4.69) is 10.6 Å². The Morgan fingerprint density at radius 1 is 1.07 bits per heavy atom. The van der Waals surface area contributed by atoms with E-state index in [9.17, 15) is 19.7 Å². The van der Waals surface area contributed by atoms with Crippen molar-refractivity contribution in [2.24, 2.45) is 0 Å². The van der Waals surface area contributed by atoms with Crippen LogP contribution in [0.4, 0.5) is 11.4 Å². The number of furan rings is 1. The van der Waals surface area contributed by atoms with Gasteiger partial charge in [-0.2, -0.15) is 0 Å². The number of hydrogen-bond donors (Lipinski definition) is 2. The van der Waals surface area contributed by atoms with Gasteiger partial charge in [0.2, 0.25) is 0 Å². The summed E-state index contributed by atoms with van der Waals surface area (Å²) in [5.41, 5.74) is 0.353. The lowest BCUT2D eigenvalue weighted by Crippen LogP contribution is -2.27. The Morgan fingerprint density at radius 2 is 1.80 bits per heavy atom. The van der Waals surface area contributed by atoms with E-state index in [1.807, 2.05) is 6.92 Å². The Bertz CT molecular complexity index is 1130. The van der Waals surface area contributed by atoms with Gasteiger partial charge in [0, 0.05) is 12.1 Å². The number of rotatable bonds is 6. The van der Waals surface area contributed by atoms with Crippen molar-refractivity contribution < 1.29 is 18.9 Å². The number of nitrogens with zero attached hydrogens (tertiary/aromatic N) is 1. The Balaban J connectivity index is 1.79. The molecule has 3 rings (SSSR count). The fraction of sp³-hybridized carbons (Fsp3) is 0.143. The third kappa shape index (κ3) is 4.66. The van der Waals surface area contributed by atoms with E-state index in [0.29, 0.717) is 5.76 Å². The first-order chi connectivity index (χ1) is 14.3. The molecule has 1 unspecified atom stereocenters. The maximum Gasteiger partial charge on any atom is 0.270 e. The molecular formula is C21H18ClN3O5. The first kappa shape index (κ1) is 21.1. The molecule has 30 heavy (non-hydrogen) atoms. The van der Waals surface area contributed by atoms with Gasteiger partial charge in [-0.3, -0.25) is 19.7 Å². The highest BCUT2D eigenvalue weighted by Gasteiger charge is 2.20. The Hall–Kier alpha value is -3.65. The number of halogens is 1. The smallest absolute Gasteiger partial charge is 0.270 e. The van der Waals surface area contributed by atoms with Gasteiger partial charge in [-0.05, 0) is 44.2 Å². The van der Waals surface area contributed by atoms with Gasteiger partial charge >= 0.3 is 0 Å². The SMILES string of the molecule is Cc1ccc(C(C)NC(=O)c2ccccc2NC(=O)c2ccc([N+](=O)[O-])cc2Cl)o1. The van der Waals surface area contributed by atoms with Crippen molar-refractivity contribution in [3.05, 3.63) is 92.4 Å². The minimum absolute atomic E-state index is 0.0527. The quantitative estimate of drug-likeness (QED) is 0.429. The maximum atomic E-state index is 12.8. The molecule has 0 aliphatic rings. The molecule has 1 atom stereocenters. The molecule has 0 aliphatic heterocycles. The Morgan fingerprint density at radius 3 is 2.43 bits per heavy atom. The number of nitro benzene ring substituents is 1. The molecule has 8 nitrogen and oxygen atoms in total. The molecule has 0 bridgehead atoms. The van der Waals surface area contributed by atoms with Crippen LogP contribution in [-0.4, -0.2) is 16.7 Å². The molecule has 0 fully saturated rings. The van der Waals surface area contributed by atoms with Crippen molar-refractivity contribution in [3.63, 3.8) is 0 Å². The molecule has 0 radical (unpaired) electrons. The van der Waals surface area contributed by atoms with E-state index >= 15 is 0 Å². The number of nitrogens with one attached hydrogen (secondary N) is 2. The molecule has 2 N–H and O–H groups in total. The average molecular weight is 428 g/mol. The normalized spacial score (nSPS) is 11.6. The van der Waals surface area contributed by atoms with Crippen LogP contribution < -0.4 is 10.6 Å². The molecule has 0 spiro atoms. The predicted molar refractivity (Wildman–Crippen MR) is 112 cm³/mol. The molecule has 1 heterocycles. The lowest BCUT2D eigenvalue weighted by molar-refractivity contribution is -0.384. The van der Waals surface area contributed by atoms with Crippen LogP contribution in [0.1, 0.15) is 45.2 Å². The third-order valence-electron chi connectivity index (χ3n) is 4.36. The summed E-state index contributed by atoms with van der Waals surface area (Å²) in [7, 11) is 0. The van der Waals surface area contributed by atoms with Crippen molar-refractivity contribution in [2.75, 3.05) is 5.32 Å². The highest BCUT2D eigenvalue weighted by molar-refractivity contribution is 6.34. The van der Waals surface area contributed by atoms with Crippen LogP contribution in [0.3, 0.4) is 0 Å². The standard InChI is InChI=1S/C21H18ClN3O5/c1-12-7-10-19(30-12)13(2)23-21(27)16-5-3-4-6-18(16)24-20(26)15-9-8-14(25(28)29)11-17(15)22/h3-11,13H,1-2H3,(H,23,27)(H,24,26). The summed E-state index contributed by atoms with van der Waals surface area (Å²) in [6, 6.07) is 13.3. The number of non-ortho nitro benzene ring substituents is 1. The van der Waals surface area contributed by atoms with Crippen LogP contribution >= 0.6 is 11.6 Å². The zero-order chi connectivity index (χ0) is 21.8. The lowest BCUT2D eigenvalue weighted by atomic mass is 10.1. The summed E-state index contributed by atoms with van der Waals surface area (Å²) in [4.78, 5) is 35.6. The second-order valence-corrected chi connectivity index (χ2v) is 6.97. The molecular weight excluding hydrogens is 410 g/mol. The molecule has 0 aliphatic carbocycles. The van der Waals surface area contributed by atoms with Crippen molar-refractivity contribution in [2.45, 2.75) is 19.9 Å². The summed E-state index contributed by atoms with van der Waals surface area (Å²) in [6.45, 7) is 3.60. The van der Waals surface area contributed by atoms with E-state index in [4.69, 9.17) is 16.0 Å². The Labute approximate surface area is 177 Å². The van der Waals surface area contributed by atoms with Gasteiger partial charge in [-0.15, -0.1) is 0 Å². The molecule has 0 saturated heterocycles. The average Bonchev–Trinajstić information content (AvgIpc) is 3.14. The van der Waals surface area contributed by atoms with Crippen LogP contribution in [0.5, 0.6) is 0 Å². The summed E-state index contributed by atoms with van der Waals surface area (Å²) in [6.07, 6.45) is 0. The number of para-hydroxylation sites is 1.